The molecule has 0 amide bonds. The van der Waals surface area contributed by atoms with E-state index in [2.05, 4.69) is 21.2 Å². The Morgan fingerprint density at radius 3 is 2.74 bits per heavy atom. The number of halogens is 2. The Hall–Kier alpha value is -3.19. The molecule has 0 unspecified atom stereocenters. The zero-order valence-electron chi connectivity index (χ0n) is 16.8. The number of rotatable bonds is 1. The SMILES string of the molecule is Cc1cncc(-c2cc3c(n4cnnc24)CCc2c(F)ccc4c2[C@H](CO4)CO3)c1.Cl. The summed E-state index contributed by atoms with van der Waals surface area (Å²) in [5, 5.41) is 8.49. The summed E-state index contributed by atoms with van der Waals surface area (Å²) in [6.07, 6.45) is 6.51. The van der Waals surface area contributed by atoms with Gasteiger partial charge in [0.15, 0.2) is 5.65 Å². The van der Waals surface area contributed by atoms with E-state index >= 15 is 0 Å². The van der Waals surface area contributed by atoms with Gasteiger partial charge in [0, 0.05) is 29.1 Å². The second-order valence-corrected chi connectivity index (χ2v) is 7.90. The van der Waals surface area contributed by atoms with E-state index in [4.69, 9.17) is 9.47 Å². The maximum absolute atomic E-state index is 14.7. The molecule has 1 atom stereocenters. The molecule has 0 fully saturated rings. The number of hydrogen-bond donors (Lipinski definition) is 0. The molecule has 0 saturated carbocycles. The van der Waals surface area contributed by atoms with E-state index in [0.717, 1.165) is 50.7 Å². The van der Waals surface area contributed by atoms with E-state index < -0.39 is 0 Å². The number of ether oxygens (including phenoxy) is 2. The molecule has 6 nitrogen and oxygen atoms in total. The van der Waals surface area contributed by atoms with Crippen LogP contribution in [0.1, 0.15) is 28.3 Å². The molecule has 1 aromatic carbocycles. The number of aryl methyl sites for hydroxylation is 2. The van der Waals surface area contributed by atoms with Crippen molar-refractivity contribution in [3.8, 4) is 22.6 Å². The van der Waals surface area contributed by atoms with Crippen LogP contribution in [0.2, 0.25) is 0 Å². The van der Waals surface area contributed by atoms with Gasteiger partial charge in [-0.25, -0.2) is 4.39 Å². The highest BCUT2D eigenvalue weighted by Gasteiger charge is 2.31. The van der Waals surface area contributed by atoms with E-state index in [1.165, 1.54) is 6.07 Å². The predicted molar refractivity (Wildman–Crippen MR) is 116 cm³/mol. The van der Waals surface area contributed by atoms with E-state index in [9.17, 15) is 4.39 Å². The normalized spacial score (nSPS) is 16.8. The van der Waals surface area contributed by atoms with Gasteiger partial charge in [0.05, 0.1) is 24.8 Å². The monoisotopic (exact) mass is 438 g/mol. The minimum atomic E-state index is -0.185. The maximum Gasteiger partial charge on any atom is 0.169 e. The zero-order chi connectivity index (χ0) is 20.2. The first kappa shape index (κ1) is 19.8. The third kappa shape index (κ3) is 3.11. The predicted octanol–water partition coefficient (Wildman–Crippen LogP) is 4.31. The Morgan fingerprint density at radius 1 is 1.06 bits per heavy atom. The lowest BCUT2D eigenvalue weighted by Crippen LogP contribution is -2.13. The Morgan fingerprint density at radius 2 is 1.90 bits per heavy atom. The van der Waals surface area contributed by atoms with Gasteiger partial charge in [-0.3, -0.25) is 9.38 Å². The van der Waals surface area contributed by atoms with Gasteiger partial charge in [-0.15, -0.1) is 22.6 Å². The minimum absolute atomic E-state index is 0. The third-order valence-electron chi connectivity index (χ3n) is 5.99. The standard InChI is InChI=1S/C23H19FN4O2.ClH/c1-13-6-14(9-25-8-13)17-7-21-19(28-12-26-27-23(17)28)4-2-16-18(24)3-5-20-22(16)15(10-29-20)11-30-21;/h3,5-9,12,15H,2,4,10-11H2,1H3;1H/t15-;/m1./s1. The average Bonchev–Trinajstić information content (AvgIpc) is 3.39. The van der Waals surface area contributed by atoms with Gasteiger partial charge in [0.25, 0.3) is 0 Å². The van der Waals surface area contributed by atoms with E-state index in [-0.39, 0.29) is 24.1 Å². The van der Waals surface area contributed by atoms with Gasteiger partial charge < -0.3 is 9.47 Å². The van der Waals surface area contributed by atoms with Crippen molar-refractivity contribution in [2.45, 2.75) is 25.7 Å². The zero-order valence-corrected chi connectivity index (χ0v) is 17.7. The van der Waals surface area contributed by atoms with Crippen molar-refractivity contribution in [2.75, 3.05) is 13.2 Å². The molecule has 158 valence electrons. The molecule has 0 aliphatic carbocycles. The number of benzene rings is 1. The van der Waals surface area contributed by atoms with E-state index in [0.29, 0.717) is 26.1 Å². The average molecular weight is 439 g/mol. The van der Waals surface area contributed by atoms with Crippen molar-refractivity contribution < 1.29 is 13.9 Å². The summed E-state index contributed by atoms with van der Waals surface area (Å²) in [6.45, 7) is 2.94. The van der Waals surface area contributed by atoms with Crippen LogP contribution in [0.5, 0.6) is 11.5 Å². The fourth-order valence-electron chi connectivity index (χ4n) is 4.58. The Balaban J connectivity index is 0.00000204. The van der Waals surface area contributed by atoms with Crippen molar-refractivity contribution in [2.24, 2.45) is 0 Å². The highest BCUT2D eigenvalue weighted by molar-refractivity contribution is 5.85. The molecule has 4 aromatic rings. The van der Waals surface area contributed by atoms with Crippen LogP contribution in [0.25, 0.3) is 16.8 Å². The summed E-state index contributed by atoms with van der Waals surface area (Å²) in [4.78, 5) is 4.32. The summed E-state index contributed by atoms with van der Waals surface area (Å²) in [6, 6.07) is 7.30. The molecule has 0 spiro atoms. The van der Waals surface area contributed by atoms with Crippen molar-refractivity contribution in [3.05, 3.63) is 71.2 Å². The molecule has 0 saturated heterocycles. The van der Waals surface area contributed by atoms with Crippen LogP contribution in [-0.2, 0) is 12.8 Å². The molecule has 2 aliphatic heterocycles. The fraction of sp³-hybridized carbons (Fsp3) is 0.261. The topological polar surface area (TPSA) is 61.5 Å². The number of aromatic nitrogens is 4. The largest absolute Gasteiger partial charge is 0.493 e. The Kier molecular flexibility index (Phi) is 4.78. The van der Waals surface area contributed by atoms with Crippen LogP contribution < -0.4 is 9.47 Å². The molecule has 6 rings (SSSR count). The molecule has 3 aromatic heterocycles. The summed E-state index contributed by atoms with van der Waals surface area (Å²) < 4.78 is 28.8. The quantitative estimate of drug-likeness (QED) is 0.443. The number of nitrogens with zero attached hydrogens (tertiary/aromatic N) is 4. The lowest BCUT2D eigenvalue weighted by atomic mass is 9.93. The van der Waals surface area contributed by atoms with Crippen molar-refractivity contribution in [1.29, 1.82) is 0 Å². The van der Waals surface area contributed by atoms with Crippen molar-refractivity contribution in [3.63, 3.8) is 0 Å². The Bertz CT molecular complexity index is 1310. The first-order valence-corrected chi connectivity index (χ1v) is 10.0. The first-order valence-electron chi connectivity index (χ1n) is 10.0. The minimum Gasteiger partial charge on any atom is -0.493 e. The molecule has 31 heavy (non-hydrogen) atoms. The van der Waals surface area contributed by atoms with Crippen LogP contribution in [0.3, 0.4) is 0 Å². The molecule has 8 heteroatoms. The van der Waals surface area contributed by atoms with E-state index in [1.807, 2.05) is 29.8 Å². The second-order valence-electron chi connectivity index (χ2n) is 7.90. The summed E-state index contributed by atoms with van der Waals surface area (Å²) in [7, 11) is 0. The van der Waals surface area contributed by atoms with Gasteiger partial charge in [0.1, 0.15) is 23.6 Å². The molecule has 0 bridgehead atoms. The van der Waals surface area contributed by atoms with Gasteiger partial charge in [-0.1, -0.05) is 0 Å². The molecular weight excluding hydrogens is 419 g/mol. The number of pyridine rings is 2. The van der Waals surface area contributed by atoms with Crippen molar-refractivity contribution in [1.82, 2.24) is 19.6 Å². The first-order chi connectivity index (χ1) is 14.7. The van der Waals surface area contributed by atoms with Crippen LogP contribution in [0.15, 0.2) is 43.0 Å². The fourth-order valence-corrected chi connectivity index (χ4v) is 4.58. The van der Waals surface area contributed by atoms with E-state index in [1.54, 1.807) is 12.4 Å². The van der Waals surface area contributed by atoms with Crippen molar-refractivity contribution >= 4 is 18.1 Å². The molecule has 5 heterocycles. The summed E-state index contributed by atoms with van der Waals surface area (Å²) >= 11 is 0. The Labute approximate surface area is 184 Å². The van der Waals surface area contributed by atoms with Gasteiger partial charge in [-0.2, -0.15) is 0 Å². The van der Waals surface area contributed by atoms with Gasteiger partial charge >= 0.3 is 0 Å². The lowest BCUT2D eigenvalue weighted by molar-refractivity contribution is 0.246. The van der Waals surface area contributed by atoms with Crippen LogP contribution in [-0.4, -0.2) is 32.8 Å². The highest BCUT2D eigenvalue weighted by atomic mass is 35.5. The summed E-state index contributed by atoms with van der Waals surface area (Å²) in [5.41, 5.74) is 6.29. The molecule has 0 radical (unpaired) electrons. The smallest absolute Gasteiger partial charge is 0.169 e. The second kappa shape index (κ2) is 7.50. The van der Waals surface area contributed by atoms with Crippen LogP contribution in [0, 0.1) is 12.7 Å². The lowest BCUT2D eigenvalue weighted by Gasteiger charge is -2.16. The number of hydrogen-bond acceptors (Lipinski definition) is 5. The van der Waals surface area contributed by atoms with Gasteiger partial charge in [-0.05, 0) is 55.2 Å². The van der Waals surface area contributed by atoms with Crippen LogP contribution >= 0.6 is 12.4 Å². The summed E-state index contributed by atoms with van der Waals surface area (Å²) in [5.74, 6) is 1.36. The molecular formula is C23H20ClFN4O2. The van der Waals surface area contributed by atoms with Crippen LogP contribution in [0.4, 0.5) is 4.39 Å². The third-order valence-corrected chi connectivity index (χ3v) is 5.99. The van der Waals surface area contributed by atoms with Gasteiger partial charge in [0.2, 0.25) is 0 Å². The molecule has 0 N–H and O–H groups in total. The molecule has 2 aliphatic rings. The maximum atomic E-state index is 14.7. The highest BCUT2D eigenvalue weighted by Crippen LogP contribution is 2.41. The number of fused-ring (bicyclic) bond motifs is 3.